The van der Waals surface area contributed by atoms with E-state index < -0.39 is 0 Å². The Bertz CT molecular complexity index is 525. The quantitative estimate of drug-likeness (QED) is 0.859. The van der Waals surface area contributed by atoms with Crippen LogP contribution in [0.15, 0.2) is 12.1 Å². The minimum atomic E-state index is 0.177. The number of nitrogens with zero attached hydrogens (tertiary/aromatic N) is 2. The molecule has 96 valence electrons. The van der Waals surface area contributed by atoms with E-state index in [-0.39, 0.29) is 10.3 Å². The molecule has 0 unspecified atom stereocenters. The molecule has 0 radical (unpaired) electrons. The largest absolute Gasteiger partial charge is 0.490 e. The smallest absolute Gasteiger partial charge is 0.167 e. The topological polar surface area (TPSA) is 44.2 Å². The summed E-state index contributed by atoms with van der Waals surface area (Å²) in [6.45, 7) is 4.89. The first-order valence-electron chi connectivity index (χ1n) is 5.58. The minimum absolute atomic E-state index is 0.177. The van der Waals surface area contributed by atoms with Gasteiger partial charge < -0.3 is 9.47 Å². The Morgan fingerprint density at radius 3 is 1.61 bits per heavy atom. The van der Waals surface area contributed by atoms with Crippen LogP contribution in [0, 0.1) is 0 Å². The van der Waals surface area contributed by atoms with Gasteiger partial charge in [-0.05, 0) is 13.8 Å². The second-order valence-corrected chi connectivity index (χ2v) is 4.17. The second kappa shape index (κ2) is 5.59. The molecule has 0 saturated carbocycles. The lowest BCUT2D eigenvalue weighted by Crippen LogP contribution is -1.99. The minimum Gasteiger partial charge on any atom is -0.490 e. The Labute approximate surface area is 115 Å². The molecule has 0 aliphatic heterocycles. The summed E-state index contributed by atoms with van der Waals surface area (Å²) in [6.07, 6.45) is 0. The summed E-state index contributed by atoms with van der Waals surface area (Å²) in [5.41, 5.74) is 1.24. The lowest BCUT2D eigenvalue weighted by atomic mass is 10.2. The molecule has 1 aromatic heterocycles. The first-order chi connectivity index (χ1) is 8.65. The van der Waals surface area contributed by atoms with Crippen molar-refractivity contribution in [2.45, 2.75) is 13.8 Å². The van der Waals surface area contributed by atoms with Crippen molar-refractivity contribution in [2.75, 3.05) is 13.2 Å². The molecule has 2 rings (SSSR count). The highest BCUT2D eigenvalue weighted by Gasteiger charge is 2.11. The predicted molar refractivity (Wildman–Crippen MR) is 71.9 cm³/mol. The van der Waals surface area contributed by atoms with Crippen molar-refractivity contribution in [3.05, 3.63) is 22.4 Å². The molecule has 0 bridgehead atoms. The van der Waals surface area contributed by atoms with Crippen molar-refractivity contribution in [3.63, 3.8) is 0 Å². The van der Waals surface area contributed by atoms with Crippen molar-refractivity contribution in [1.29, 1.82) is 0 Å². The third-order valence-corrected chi connectivity index (χ3v) is 2.87. The lowest BCUT2D eigenvalue weighted by molar-refractivity contribution is 0.288. The van der Waals surface area contributed by atoms with Crippen molar-refractivity contribution in [3.8, 4) is 11.5 Å². The van der Waals surface area contributed by atoms with E-state index in [9.17, 15) is 0 Å². The van der Waals surface area contributed by atoms with E-state index >= 15 is 0 Å². The third kappa shape index (κ3) is 2.60. The van der Waals surface area contributed by atoms with E-state index in [4.69, 9.17) is 32.7 Å². The van der Waals surface area contributed by atoms with Crippen LogP contribution in [0.1, 0.15) is 13.8 Å². The third-order valence-electron chi connectivity index (χ3n) is 2.25. The Hall–Kier alpha value is -1.26. The molecule has 6 heteroatoms. The van der Waals surface area contributed by atoms with Gasteiger partial charge in [-0.15, -0.1) is 0 Å². The van der Waals surface area contributed by atoms with Gasteiger partial charge in [0, 0.05) is 12.1 Å². The summed E-state index contributed by atoms with van der Waals surface area (Å²) in [5.74, 6) is 1.25. The zero-order valence-corrected chi connectivity index (χ0v) is 11.5. The number of fused-ring (bicyclic) bond motifs is 1. The van der Waals surface area contributed by atoms with E-state index in [1.165, 1.54) is 0 Å². The summed E-state index contributed by atoms with van der Waals surface area (Å²) in [4.78, 5) is 8.31. The van der Waals surface area contributed by atoms with Gasteiger partial charge in [0.15, 0.2) is 21.8 Å². The normalized spacial score (nSPS) is 10.7. The van der Waals surface area contributed by atoms with Crippen LogP contribution in [0.25, 0.3) is 11.0 Å². The molecule has 0 spiro atoms. The monoisotopic (exact) mass is 286 g/mol. The number of rotatable bonds is 4. The highest BCUT2D eigenvalue weighted by Crippen LogP contribution is 2.33. The Morgan fingerprint density at radius 2 is 1.28 bits per heavy atom. The van der Waals surface area contributed by atoms with Crippen LogP contribution in [-0.2, 0) is 0 Å². The van der Waals surface area contributed by atoms with Crippen molar-refractivity contribution >= 4 is 34.2 Å². The molecule has 0 aliphatic carbocycles. The van der Waals surface area contributed by atoms with Crippen LogP contribution in [0.3, 0.4) is 0 Å². The number of hydrogen-bond donors (Lipinski definition) is 0. The van der Waals surface area contributed by atoms with Gasteiger partial charge in [-0.25, -0.2) is 9.97 Å². The molecule has 0 saturated heterocycles. The number of benzene rings is 1. The molecular formula is C12H12Cl2N2O2. The maximum atomic E-state index is 5.84. The molecule has 0 amide bonds. The standard InChI is InChI=1S/C12H12Cl2N2O2/c1-3-17-9-5-7-8(6-10(9)18-4-2)16-12(14)11(13)15-7/h5-6H,3-4H2,1-2H3. The molecule has 1 aromatic carbocycles. The maximum absolute atomic E-state index is 5.84. The van der Waals surface area contributed by atoms with Gasteiger partial charge in [0.2, 0.25) is 0 Å². The zero-order valence-electron chi connectivity index (χ0n) is 10.0. The van der Waals surface area contributed by atoms with Gasteiger partial charge in [0.25, 0.3) is 0 Å². The average Bonchev–Trinajstić information content (AvgIpc) is 2.33. The molecule has 1 heterocycles. The molecule has 4 nitrogen and oxygen atoms in total. The number of hydrogen-bond acceptors (Lipinski definition) is 4. The summed E-state index contributed by atoms with van der Waals surface area (Å²) < 4.78 is 11.0. The summed E-state index contributed by atoms with van der Waals surface area (Å²) >= 11 is 11.7. The molecule has 2 aromatic rings. The van der Waals surface area contributed by atoms with Crippen LogP contribution >= 0.6 is 23.2 Å². The lowest BCUT2D eigenvalue weighted by Gasteiger charge is -2.11. The fourth-order valence-electron chi connectivity index (χ4n) is 1.56. The average molecular weight is 287 g/mol. The molecule has 0 aliphatic rings. The van der Waals surface area contributed by atoms with Crippen LogP contribution < -0.4 is 9.47 Å². The van der Waals surface area contributed by atoms with E-state index in [2.05, 4.69) is 9.97 Å². The maximum Gasteiger partial charge on any atom is 0.167 e. The van der Waals surface area contributed by atoms with Crippen LogP contribution in [-0.4, -0.2) is 23.2 Å². The van der Waals surface area contributed by atoms with Gasteiger partial charge in [-0.1, -0.05) is 23.2 Å². The molecule has 18 heavy (non-hydrogen) atoms. The van der Waals surface area contributed by atoms with Gasteiger partial charge in [-0.2, -0.15) is 0 Å². The first-order valence-corrected chi connectivity index (χ1v) is 6.33. The molecule has 0 fully saturated rings. The van der Waals surface area contributed by atoms with Crippen LogP contribution in [0.5, 0.6) is 11.5 Å². The predicted octanol–water partition coefficient (Wildman–Crippen LogP) is 3.73. The summed E-state index contributed by atoms with van der Waals surface area (Å²) in [7, 11) is 0. The van der Waals surface area contributed by atoms with Crippen molar-refractivity contribution in [2.24, 2.45) is 0 Å². The Morgan fingerprint density at radius 1 is 0.889 bits per heavy atom. The van der Waals surface area contributed by atoms with E-state index in [0.717, 1.165) is 0 Å². The summed E-state index contributed by atoms with van der Waals surface area (Å²) in [5, 5.41) is 0.353. The summed E-state index contributed by atoms with van der Waals surface area (Å²) in [6, 6.07) is 3.50. The van der Waals surface area contributed by atoms with E-state index in [1.807, 2.05) is 13.8 Å². The molecule has 0 atom stereocenters. The van der Waals surface area contributed by atoms with E-state index in [0.29, 0.717) is 35.7 Å². The van der Waals surface area contributed by atoms with Crippen LogP contribution in [0.4, 0.5) is 0 Å². The second-order valence-electron chi connectivity index (χ2n) is 3.46. The van der Waals surface area contributed by atoms with Gasteiger partial charge >= 0.3 is 0 Å². The highest BCUT2D eigenvalue weighted by molar-refractivity contribution is 6.40. The number of ether oxygens (including phenoxy) is 2. The highest BCUT2D eigenvalue weighted by atomic mass is 35.5. The van der Waals surface area contributed by atoms with E-state index in [1.54, 1.807) is 12.1 Å². The molecular weight excluding hydrogens is 275 g/mol. The van der Waals surface area contributed by atoms with Gasteiger partial charge in [-0.3, -0.25) is 0 Å². The molecule has 0 N–H and O–H groups in total. The number of halogens is 2. The fraction of sp³-hybridized carbons (Fsp3) is 0.333. The Balaban J connectivity index is 2.60. The zero-order chi connectivity index (χ0) is 13.1. The van der Waals surface area contributed by atoms with Gasteiger partial charge in [0.05, 0.1) is 24.2 Å². The van der Waals surface area contributed by atoms with Crippen molar-refractivity contribution < 1.29 is 9.47 Å². The van der Waals surface area contributed by atoms with Crippen molar-refractivity contribution in [1.82, 2.24) is 9.97 Å². The van der Waals surface area contributed by atoms with Crippen LogP contribution in [0.2, 0.25) is 10.3 Å². The first kappa shape index (κ1) is 13.2. The number of aromatic nitrogens is 2. The van der Waals surface area contributed by atoms with Gasteiger partial charge in [0.1, 0.15) is 0 Å². The fourth-order valence-corrected chi connectivity index (χ4v) is 1.82. The Kier molecular flexibility index (Phi) is 4.09. The SMILES string of the molecule is CCOc1cc2nc(Cl)c(Cl)nc2cc1OCC.